The molecule has 2 aromatic rings. The number of alkyl halides is 3. The van der Waals surface area contributed by atoms with Crippen LogP contribution in [0.5, 0.6) is 5.75 Å². The smallest absolute Gasteiger partial charge is 0.406 e. The number of hydrogen-bond donors (Lipinski definition) is 1. The maximum Gasteiger partial charge on any atom is 0.573 e. The van der Waals surface area contributed by atoms with E-state index in [4.69, 9.17) is 0 Å². The number of hydrogen-bond acceptors (Lipinski definition) is 3. The zero-order valence-corrected chi connectivity index (χ0v) is 12.2. The summed E-state index contributed by atoms with van der Waals surface area (Å²) in [6.45, 7) is 1.93. The lowest BCUT2D eigenvalue weighted by Gasteiger charge is -2.09. The lowest BCUT2D eigenvalue weighted by atomic mass is 10.1. The van der Waals surface area contributed by atoms with Gasteiger partial charge in [0.25, 0.3) is 0 Å². The van der Waals surface area contributed by atoms with Gasteiger partial charge in [-0.15, -0.1) is 13.2 Å². The first-order chi connectivity index (χ1) is 10.8. The molecule has 0 saturated heterocycles. The summed E-state index contributed by atoms with van der Waals surface area (Å²) >= 11 is 0. The monoisotopic (exact) mass is 321 g/mol. The van der Waals surface area contributed by atoms with Crippen molar-refractivity contribution in [1.29, 1.82) is 0 Å². The highest BCUT2D eigenvalue weighted by Gasteiger charge is 2.30. The van der Waals surface area contributed by atoms with Crippen LogP contribution < -0.4 is 10.1 Å². The Morgan fingerprint density at radius 2 is 1.65 bits per heavy atom. The standard InChI is InChI=1S/C17H14F3NO2/c1-12-2-4-13(5-3-12)16(22)10-11-21-14-6-8-15(9-7-14)23-17(18,19)20/h2-11,21H,1H3. The summed E-state index contributed by atoms with van der Waals surface area (Å²) < 4.78 is 39.9. The van der Waals surface area contributed by atoms with Crippen LogP contribution in [0.3, 0.4) is 0 Å². The first-order valence-corrected chi connectivity index (χ1v) is 6.73. The van der Waals surface area contributed by atoms with Gasteiger partial charge >= 0.3 is 6.36 Å². The summed E-state index contributed by atoms with van der Waals surface area (Å²) in [5, 5.41) is 2.81. The van der Waals surface area contributed by atoms with E-state index >= 15 is 0 Å². The van der Waals surface area contributed by atoms with Crippen molar-refractivity contribution in [3.63, 3.8) is 0 Å². The van der Waals surface area contributed by atoms with Crippen molar-refractivity contribution in [1.82, 2.24) is 0 Å². The van der Waals surface area contributed by atoms with E-state index in [9.17, 15) is 18.0 Å². The van der Waals surface area contributed by atoms with Crippen molar-refractivity contribution in [3.8, 4) is 5.75 Å². The van der Waals surface area contributed by atoms with Gasteiger partial charge in [-0.05, 0) is 31.2 Å². The van der Waals surface area contributed by atoms with Gasteiger partial charge in [0.05, 0.1) is 0 Å². The zero-order valence-electron chi connectivity index (χ0n) is 12.2. The van der Waals surface area contributed by atoms with Crippen molar-refractivity contribution in [2.24, 2.45) is 0 Å². The quantitative estimate of drug-likeness (QED) is 0.640. The molecule has 0 bridgehead atoms. The molecule has 0 fully saturated rings. The van der Waals surface area contributed by atoms with E-state index in [0.29, 0.717) is 11.3 Å². The SMILES string of the molecule is Cc1ccc(C(=O)C=CNc2ccc(OC(F)(F)F)cc2)cc1. The molecule has 2 rings (SSSR count). The average Bonchev–Trinajstić information content (AvgIpc) is 2.48. The molecule has 23 heavy (non-hydrogen) atoms. The zero-order chi connectivity index (χ0) is 16.9. The molecule has 120 valence electrons. The third kappa shape index (κ3) is 5.50. The number of ketones is 1. The predicted octanol–water partition coefficient (Wildman–Crippen LogP) is 4.70. The molecule has 1 N–H and O–H groups in total. The highest BCUT2D eigenvalue weighted by Crippen LogP contribution is 2.23. The molecule has 0 aliphatic carbocycles. The van der Waals surface area contributed by atoms with Gasteiger partial charge in [0.15, 0.2) is 5.78 Å². The van der Waals surface area contributed by atoms with Gasteiger partial charge in [0, 0.05) is 23.5 Å². The first-order valence-electron chi connectivity index (χ1n) is 6.73. The van der Waals surface area contributed by atoms with E-state index in [2.05, 4.69) is 10.1 Å². The van der Waals surface area contributed by atoms with Crippen LogP contribution in [0, 0.1) is 6.92 Å². The fourth-order valence-corrected chi connectivity index (χ4v) is 1.78. The molecular formula is C17H14F3NO2. The van der Waals surface area contributed by atoms with E-state index in [-0.39, 0.29) is 11.5 Å². The molecule has 6 heteroatoms. The first kappa shape index (κ1) is 16.6. The molecule has 0 aliphatic rings. The minimum Gasteiger partial charge on any atom is -0.406 e. The van der Waals surface area contributed by atoms with Gasteiger partial charge in [0.1, 0.15) is 5.75 Å². The number of anilines is 1. The van der Waals surface area contributed by atoms with Crippen molar-refractivity contribution in [2.75, 3.05) is 5.32 Å². The second-order valence-corrected chi connectivity index (χ2v) is 4.78. The number of ether oxygens (including phenoxy) is 1. The Morgan fingerprint density at radius 3 is 2.22 bits per heavy atom. The maximum atomic E-state index is 12.0. The van der Waals surface area contributed by atoms with Crippen molar-refractivity contribution in [3.05, 3.63) is 71.9 Å². The van der Waals surface area contributed by atoms with E-state index in [1.54, 1.807) is 12.1 Å². The van der Waals surface area contributed by atoms with Crippen molar-refractivity contribution < 1.29 is 22.7 Å². The van der Waals surface area contributed by atoms with Crippen LogP contribution >= 0.6 is 0 Å². The molecule has 0 aromatic heterocycles. The van der Waals surface area contributed by atoms with Gasteiger partial charge in [-0.1, -0.05) is 29.8 Å². The Hall–Kier alpha value is -2.76. The van der Waals surface area contributed by atoms with Crippen LogP contribution in [0.1, 0.15) is 15.9 Å². The number of carbonyl (C=O) groups is 1. The normalized spacial score (nSPS) is 11.5. The highest BCUT2D eigenvalue weighted by molar-refractivity contribution is 6.04. The van der Waals surface area contributed by atoms with Crippen LogP contribution in [-0.2, 0) is 0 Å². The van der Waals surface area contributed by atoms with Crippen LogP contribution in [0.25, 0.3) is 0 Å². The summed E-state index contributed by atoms with van der Waals surface area (Å²) in [5.41, 5.74) is 2.15. The lowest BCUT2D eigenvalue weighted by Crippen LogP contribution is -2.16. The van der Waals surface area contributed by atoms with Crippen LogP contribution in [0.4, 0.5) is 18.9 Å². The Balaban J connectivity index is 1.92. The summed E-state index contributed by atoms with van der Waals surface area (Å²) in [6.07, 6.45) is -1.93. The Labute approximate surface area is 131 Å². The third-order valence-corrected chi connectivity index (χ3v) is 2.91. The number of aryl methyl sites for hydroxylation is 1. The summed E-state index contributed by atoms with van der Waals surface area (Å²) in [6, 6.07) is 12.3. The summed E-state index contributed by atoms with van der Waals surface area (Å²) in [5.74, 6) is -0.475. The topological polar surface area (TPSA) is 38.3 Å². The maximum absolute atomic E-state index is 12.0. The molecule has 0 amide bonds. The van der Waals surface area contributed by atoms with Gasteiger partial charge in [-0.3, -0.25) is 4.79 Å². The van der Waals surface area contributed by atoms with E-state index < -0.39 is 6.36 Å². The number of nitrogens with one attached hydrogen (secondary N) is 1. The second-order valence-electron chi connectivity index (χ2n) is 4.78. The van der Waals surface area contributed by atoms with Gasteiger partial charge < -0.3 is 10.1 Å². The van der Waals surface area contributed by atoms with Crippen molar-refractivity contribution >= 4 is 11.5 Å². The van der Waals surface area contributed by atoms with Crippen LogP contribution in [0.2, 0.25) is 0 Å². The van der Waals surface area contributed by atoms with Gasteiger partial charge in [-0.25, -0.2) is 0 Å². The van der Waals surface area contributed by atoms with Crippen molar-refractivity contribution in [2.45, 2.75) is 13.3 Å². The summed E-state index contributed by atoms with van der Waals surface area (Å²) in [7, 11) is 0. The Bertz CT molecular complexity index is 689. The molecular weight excluding hydrogens is 307 g/mol. The molecule has 0 aliphatic heterocycles. The molecule has 0 heterocycles. The summed E-state index contributed by atoms with van der Waals surface area (Å²) in [4.78, 5) is 11.9. The molecule has 3 nitrogen and oxygen atoms in total. The van der Waals surface area contributed by atoms with E-state index in [1.165, 1.54) is 36.5 Å². The van der Waals surface area contributed by atoms with E-state index in [0.717, 1.165) is 5.56 Å². The number of halogens is 3. The predicted molar refractivity (Wildman–Crippen MR) is 81.4 cm³/mol. The Morgan fingerprint density at radius 1 is 1.04 bits per heavy atom. The molecule has 0 saturated carbocycles. The van der Waals surface area contributed by atoms with Crippen LogP contribution in [0.15, 0.2) is 60.8 Å². The Kier molecular flexibility index (Phi) is 5.05. The lowest BCUT2D eigenvalue weighted by molar-refractivity contribution is -0.274. The third-order valence-electron chi connectivity index (χ3n) is 2.91. The fourth-order valence-electron chi connectivity index (χ4n) is 1.78. The highest BCUT2D eigenvalue weighted by atomic mass is 19.4. The average molecular weight is 321 g/mol. The molecule has 0 atom stereocenters. The molecule has 0 radical (unpaired) electrons. The number of allylic oxidation sites excluding steroid dienone is 1. The van der Waals surface area contributed by atoms with Gasteiger partial charge in [-0.2, -0.15) is 0 Å². The number of rotatable bonds is 5. The second kappa shape index (κ2) is 7.00. The van der Waals surface area contributed by atoms with E-state index in [1.807, 2.05) is 19.1 Å². The van der Waals surface area contributed by atoms with Gasteiger partial charge in [0.2, 0.25) is 0 Å². The minimum atomic E-state index is -4.71. The number of benzene rings is 2. The van der Waals surface area contributed by atoms with Crippen LogP contribution in [-0.4, -0.2) is 12.1 Å². The number of carbonyl (C=O) groups excluding carboxylic acids is 1. The molecule has 0 spiro atoms. The molecule has 0 unspecified atom stereocenters. The molecule has 2 aromatic carbocycles. The largest absolute Gasteiger partial charge is 0.573 e. The fraction of sp³-hybridized carbons (Fsp3) is 0.118. The minimum absolute atomic E-state index is 0.172.